The largest absolute Gasteiger partial charge is 0.478 e. The lowest BCUT2D eigenvalue weighted by Crippen LogP contribution is -2.33. The van der Waals surface area contributed by atoms with Gasteiger partial charge in [0.05, 0.1) is 22.5 Å². The number of rotatable bonds is 8. The predicted octanol–water partition coefficient (Wildman–Crippen LogP) is 4.62. The van der Waals surface area contributed by atoms with Crippen LogP contribution in [0.1, 0.15) is 31.8 Å². The number of carboxylic acids is 2. The maximum Gasteiger partial charge on any atom is 0.336 e. The zero-order valence-electron chi connectivity index (χ0n) is 23.5. The van der Waals surface area contributed by atoms with Crippen LogP contribution in [-0.2, 0) is 16.0 Å². The Kier molecular flexibility index (Phi) is 7.31. The molecule has 6 amide bonds. The lowest BCUT2D eigenvalue weighted by Gasteiger charge is -2.18. The van der Waals surface area contributed by atoms with Crippen molar-refractivity contribution >= 4 is 58.6 Å². The summed E-state index contributed by atoms with van der Waals surface area (Å²) in [6, 6.07) is 24.4. The SMILES string of the molecule is O=C(O)c1cccc(N2C(=O)CN(c3ccc(Cc4ccc(N5CC(=O)N(c6cccc(C(=O)O)c6)C5=O)cc4)cc3)C2=O)c1. The van der Waals surface area contributed by atoms with Crippen molar-refractivity contribution in [2.75, 3.05) is 32.7 Å². The van der Waals surface area contributed by atoms with Gasteiger partial charge in [0.15, 0.2) is 0 Å². The Hall–Kier alpha value is -6.30. The van der Waals surface area contributed by atoms with E-state index < -0.39 is 35.8 Å². The molecule has 0 aromatic heterocycles. The van der Waals surface area contributed by atoms with Crippen LogP contribution in [0, 0.1) is 0 Å². The molecule has 4 aromatic carbocycles. The van der Waals surface area contributed by atoms with E-state index in [0.29, 0.717) is 17.8 Å². The van der Waals surface area contributed by atoms with Crippen molar-refractivity contribution in [3.8, 4) is 0 Å². The lowest BCUT2D eigenvalue weighted by molar-refractivity contribution is -0.116. The van der Waals surface area contributed by atoms with Gasteiger partial charge in [-0.2, -0.15) is 0 Å². The lowest BCUT2D eigenvalue weighted by atomic mass is 10.0. The highest BCUT2D eigenvalue weighted by atomic mass is 16.4. The maximum atomic E-state index is 13.1. The van der Waals surface area contributed by atoms with Gasteiger partial charge in [-0.25, -0.2) is 29.0 Å². The zero-order valence-corrected chi connectivity index (χ0v) is 23.5. The Labute approximate surface area is 255 Å². The Morgan fingerprint density at radius 2 is 0.911 bits per heavy atom. The molecule has 0 unspecified atom stereocenters. The van der Waals surface area contributed by atoms with Gasteiger partial charge in [0.25, 0.3) is 11.8 Å². The van der Waals surface area contributed by atoms with Crippen molar-refractivity contribution < 1.29 is 39.0 Å². The van der Waals surface area contributed by atoms with Crippen molar-refractivity contribution in [1.82, 2.24) is 0 Å². The van der Waals surface area contributed by atoms with E-state index in [1.165, 1.54) is 58.3 Å². The molecule has 224 valence electrons. The molecule has 2 aliphatic rings. The number of carboxylic acid groups (broad SMARTS) is 2. The third-order valence-corrected chi connectivity index (χ3v) is 7.54. The molecule has 45 heavy (non-hydrogen) atoms. The molecular formula is C33H24N4O8. The molecule has 0 saturated carbocycles. The molecule has 2 aliphatic heterocycles. The van der Waals surface area contributed by atoms with Crippen LogP contribution >= 0.6 is 0 Å². The summed E-state index contributed by atoms with van der Waals surface area (Å²) in [5.74, 6) is -3.27. The molecule has 2 N–H and O–H groups in total. The Bertz CT molecular complexity index is 1750. The molecule has 6 rings (SSSR count). The van der Waals surface area contributed by atoms with Crippen LogP contribution in [0.5, 0.6) is 0 Å². The first-order valence-corrected chi connectivity index (χ1v) is 13.7. The quantitative estimate of drug-likeness (QED) is 0.276. The first-order valence-electron chi connectivity index (χ1n) is 13.7. The van der Waals surface area contributed by atoms with E-state index in [9.17, 15) is 39.0 Å². The number of hydrogen-bond donors (Lipinski definition) is 2. The van der Waals surface area contributed by atoms with Crippen LogP contribution in [0.3, 0.4) is 0 Å². The summed E-state index contributed by atoms with van der Waals surface area (Å²) in [4.78, 5) is 78.8. The highest BCUT2D eigenvalue weighted by Gasteiger charge is 2.39. The number of aromatic carboxylic acids is 2. The topological polar surface area (TPSA) is 156 Å². The second kappa shape index (κ2) is 11.4. The van der Waals surface area contributed by atoms with Crippen molar-refractivity contribution in [3.63, 3.8) is 0 Å². The smallest absolute Gasteiger partial charge is 0.336 e. The van der Waals surface area contributed by atoms with Gasteiger partial charge in [0, 0.05) is 11.4 Å². The molecule has 0 radical (unpaired) electrons. The number of carbonyl (C=O) groups excluding carboxylic acids is 4. The Morgan fingerprint density at radius 3 is 1.27 bits per heavy atom. The number of amides is 6. The van der Waals surface area contributed by atoms with Crippen molar-refractivity contribution in [3.05, 3.63) is 119 Å². The fraction of sp³-hybridized carbons (Fsp3) is 0.0909. The van der Waals surface area contributed by atoms with Gasteiger partial charge >= 0.3 is 24.0 Å². The molecule has 2 heterocycles. The highest BCUT2D eigenvalue weighted by Crippen LogP contribution is 2.29. The minimum Gasteiger partial charge on any atom is -0.478 e. The monoisotopic (exact) mass is 604 g/mol. The first kappa shape index (κ1) is 28.8. The van der Waals surface area contributed by atoms with Gasteiger partial charge in [-0.15, -0.1) is 0 Å². The molecule has 12 nitrogen and oxygen atoms in total. The fourth-order valence-corrected chi connectivity index (χ4v) is 5.29. The highest BCUT2D eigenvalue weighted by molar-refractivity contribution is 6.28. The van der Waals surface area contributed by atoms with Crippen molar-refractivity contribution in [2.24, 2.45) is 0 Å². The van der Waals surface area contributed by atoms with E-state index in [4.69, 9.17) is 0 Å². The molecule has 4 aromatic rings. The van der Waals surface area contributed by atoms with E-state index >= 15 is 0 Å². The summed E-state index contributed by atoms with van der Waals surface area (Å²) < 4.78 is 0. The molecule has 0 spiro atoms. The van der Waals surface area contributed by atoms with E-state index in [2.05, 4.69) is 0 Å². The summed E-state index contributed by atoms with van der Waals surface area (Å²) in [6.45, 7) is -0.367. The molecule has 0 bridgehead atoms. The van der Waals surface area contributed by atoms with E-state index in [1.54, 1.807) is 24.3 Å². The normalized spacial score (nSPS) is 14.9. The number of urea groups is 2. The summed E-state index contributed by atoms with van der Waals surface area (Å²) >= 11 is 0. The number of nitrogens with zero attached hydrogens (tertiary/aromatic N) is 4. The Balaban J connectivity index is 1.12. The molecule has 12 heteroatoms. The zero-order chi connectivity index (χ0) is 31.8. The molecule has 0 aliphatic carbocycles. The van der Waals surface area contributed by atoms with Crippen LogP contribution < -0.4 is 19.6 Å². The van der Waals surface area contributed by atoms with Gasteiger partial charge in [0.1, 0.15) is 13.1 Å². The third kappa shape index (κ3) is 5.47. The number of imide groups is 2. The van der Waals surface area contributed by atoms with Crippen molar-refractivity contribution in [2.45, 2.75) is 6.42 Å². The van der Waals surface area contributed by atoms with Crippen LogP contribution in [0.4, 0.5) is 32.3 Å². The van der Waals surface area contributed by atoms with Crippen LogP contribution in [0.25, 0.3) is 0 Å². The molecule has 2 saturated heterocycles. The number of benzene rings is 4. The summed E-state index contributed by atoms with van der Waals surface area (Å²) in [6.07, 6.45) is 0.530. The molecule has 0 atom stereocenters. The minimum atomic E-state index is -1.16. The van der Waals surface area contributed by atoms with Gasteiger partial charge in [-0.1, -0.05) is 36.4 Å². The summed E-state index contributed by atoms with van der Waals surface area (Å²) in [5.41, 5.74) is 3.18. The fourth-order valence-electron chi connectivity index (χ4n) is 5.29. The van der Waals surface area contributed by atoms with Gasteiger partial charge in [-0.3, -0.25) is 19.4 Å². The summed E-state index contributed by atoms with van der Waals surface area (Å²) in [7, 11) is 0. The summed E-state index contributed by atoms with van der Waals surface area (Å²) in [5, 5.41) is 18.5. The van der Waals surface area contributed by atoms with E-state index in [0.717, 1.165) is 20.9 Å². The Morgan fingerprint density at radius 1 is 0.533 bits per heavy atom. The number of hydrogen-bond acceptors (Lipinski definition) is 6. The second-order valence-corrected chi connectivity index (χ2v) is 10.4. The molecule has 2 fully saturated rings. The average molecular weight is 605 g/mol. The van der Waals surface area contributed by atoms with Crippen LogP contribution in [0.2, 0.25) is 0 Å². The van der Waals surface area contributed by atoms with Gasteiger partial charge in [-0.05, 0) is 78.2 Å². The maximum absolute atomic E-state index is 13.1. The average Bonchev–Trinajstić information content (AvgIpc) is 3.51. The standard InChI is InChI=1S/C33H24N4O8/c38-28-18-34(32(44)36(28)26-5-1-3-22(16-26)30(40)41)24-11-7-20(8-12-24)15-21-9-13-25(14-10-21)35-19-29(39)37(33(35)45)27-6-2-4-23(17-27)31(42)43/h1-14,16-17H,15,18-19H2,(H,40,41)(H,42,43). The molecular weight excluding hydrogens is 580 g/mol. The van der Waals surface area contributed by atoms with E-state index in [-0.39, 0.29) is 35.6 Å². The van der Waals surface area contributed by atoms with Crippen LogP contribution in [0.15, 0.2) is 97.1 Å². The first-order chi connectivity index (χ1) is 21.6. The third-order valence-electron chi connectivity index (χ3n) is 7.54. The number of anilines is 4. The second-order valence-electron chi connectivity index (χ2n) is 10.4. The van der Waals surface area contributed by atoms with E-state index in [1.807, 2.05) is 24.3 Å². The van der Waals surface area contributed by atoms with Gasteiger partial charge in [0.2, 0.25) is 0 Å². The number of carbonyl (C=O) groups is 6. The predicted molar refractivity (Wildman–Crippen MR) is 163 cm³/mol. The van der Waals surface area contributed by atoms with Crippen molar-refractivity contribution in [1.29, 1.82) is 0 Å². The van der Waals surface area contributed by atoms with Crippen LogP contribution in [-0.4, -0.2) is 59.1 Å². The van der Waals surface area contributed by atoms with Gasteiger partial charge < -0.3 is 10.2 Å². The minimum absolute atomic E-state index is 0.0327.